The maximum absolute atomic E-state index is 12.9. The molecule has 3 heterocycles. The number of hydrogen-bond acceptors (Lipinski definition) is 10. The number of nitrogens with one attached hydrogen (secondary N) is 1. The average Bonchev–Trinajstić information content (AvgIpc) is 3.81. The molecule has 2 aromatic heterocycles. The van der Waals surface area contributed by atoms with E-state index in [0.29, 0.717) is 28.4 Å². The molecular formula is C43H45N5O7. The van der Waals surface area contributed by atoms with E-state index in [-0.39, 0.29) is 30.9 Å². The lowest BCUT2D eigenvalue weighted by atomic mass is 9.80. The number of fused-ring (bicyclic) bond motifs is 1. The minimum Gasteiger partial charge on any atom is -0.497 e. The van der Waals surface area contributed by atoms with Crippen LogP contribution in [-0.4, -0.2) is 70.2 Å². The fourth-order valence-corrected chi connectivity index (χ4v) is 6.84. The molecule has 0 aliphatic carbocycles. The Labute approximate surface area is 320 Å². The Morgan fingerprint density at radius 3 is 1.98 bits per heavy atom. The minimum absolute atomic E-state index is 0.0119. The number of imidazole rings is 1. The van der Waals surface area contributed by atoms with E-state index in [0.717, 1.165) is 16.7 Å². The Hall–Kier alpha value is -5.82. The fourth-order valence-electron chi connectivity index (χ4n) is 6.84. The van der Waals surface area contributed by atoms with E-state index in [1.54, 1.807) is 25.1 Å². The zero-order valence-corrected chi connectivity index (χ0v) is 31.5. The molecule has 55 heavy (non-hydrogen) atoms. The van der Waals surface area contributed by atoms with Crippen molar-refractivity contribution in [3.8, 4) is 17.2 Å². The number of carbonyl (C=O) groups is 1. The summed E-state index contributed by atoms with van der Waals surface area (Å²) >= 11 is 0. The Balaban J connectivity index is 1.09. The summed E-state index contributed by atoms with van der Waals surface area (Å²) in [5, 5.41) is 14.2. The third-order valence-electron chi connectivity index (χ3n) is 9.86. The van der Waals surface area contributed by atoms with Gasteiger partial charge in [-0.3, -0.25) is 9.36 Å². The lowest BCUT2D eigenvalue weighted by Crippen LogP contribution is -2.38. The van der Waals surface area contributed by atoms with Gasteiger partial charge in [0.1, 0.15) is 41.5 Å². The van der Waals surface area contributed by atoms with Gasteiger partial charge in [0.15, 0.2) is 23.6 Å². The fraction of sp³-hybridized carbons (Fsp3) is 0.302. The van der Waals surface area contributed by atoms with E-state index < -0.39 is 29.9 Å². The number of ether oxygens (including phenoxy) is 5. The number of amides is 1. The zero-order valence-electron chi connectivity index (χ0n) is 31.5. The summed E-state index contributed by atoms with van der Waals surface area (Å²) in [6, 6.07) is 33.2. The van der Waals surface area contributed by atoms with Crippen LogP contribution in [-0.2, 0) is 25.3 Å². The summed E-state index contributed by atoms with van der Waals surface area (Å²) in [4.78, 5) is 26.2. The Bertz CT molecular complexity index is 2150. The zero-order chi connectivity index (χ0) is 38.6. The van der Waals surface area contributed by atoms with Crippen molar-refractivity contribution in [1.82, 2.24) is 19.5 Å². The van der Waals surface area contributed by atoms with Gasteiger partial charge in [0.25, 0.3) is 5.91 Å². The van der Waals surface area contributed by atoms with Crippen LogP contribution >= 0.6 is 0 Å². The Kier molecular flexibility index (Phi) is 10.8. The molecule has 1 aliphatic heterocycles. The van der Waals surface area contributed by atoms with Crippen LogP contribution in [0.25, 0.3) is 11.2 Å². The number of nitrogens with zero attached hydrogens (tertiary/aromatic N) is 4. The molecule has 0 saturated carbocycles. The van der Waals surface area contributed by atoms with Gasteiger partial charge in [0, 0.05) is 6.42 Å². The van der Waals surface area contributed by atoms with Crippen LogP contribution in [0.15, 0.2) is 116 Å². The highest BCUT2D eigenvalue weighted by Gasteiger charge is 2.42. The van der Waals surface area contributed by atoms with Crippen molar-refractivity contribution in [2.24, 2.45) is 0 Å². The van der Waals surface area contributed by atoms with Crippen molar-refractivity contribution in [2.45, 2.75) is 56.6 Å². The Morgan fingerprint density at radius 1 is 0.800 bits per heavy atom. The molecule has 284 valence electrons. The summed E-state index contributed by atoms with van der Waals surface area (Å²) in [6.07, 6.45) is 1.02. The number of benzene rings is 4. The predicted octanol–water partition coefficient (Wildman–Crippen LogP) is 6.82. The van der Waals surface area contributed by atoms with Crippen molar-refractivity contribution < 1.29 is 33.6 Å². The van der Waals surface area contributed by atoms with Gasteiger partial charge < -0.3 is 34.1 Å². The quantitative estimate of drug-likeness (QED) is 0.121. The van der Waals surface area contributed by atoms with Crippen LogP contribution in [0, 0.1) is 0 Å². The van der Waals surface area contributed by atoms with E-state index in [9.17, 15) is 9.90 Å². The molecule has 1 aliphatic rings. The normalized spacial score (nSPS) is 17.2. The third-order valence-corrected chi connectivity index (χ3v) is 9.86. The summed E-state index contributed by atoms with van der Waals surface area (Å²) in [5.41, 5.74) is 3.55. The Morgan fingerprint density at radius 2 is 1.38 bits per heavy atom. The molecular weight excluding hydrogens is 699 g/mol. The highest BCUT2D eigenvalue weighted by Crippen LogP contribution is 2.43. The second-order valence-corrected chi connectivity index (χ2v) is 14.4. The summed E-state index contributed by atoms with van der Waals surface area (Å²) in [6.45, 7) is 6.25. The summed E-state index contributed by atoms with van der Waals surface area (Å²) < 4.78 is 31.9. The molecule has 7 rings (SSSR count). The van der Waals surface area contributed by atoms with E-state index in [4.69, 9.17) is 23.7 Å². The van der Waals surface area contributed by atoms with Crippen LogP contribution < -0.4 is 19.5 Å². The third kappa shape index (κ3) is 7.88. The number of aliphatic hydroxyl groups excluding tert-OH is 1. The molecule has 1 fully saturated rings. The van der Waals surface area contributed by atoms with Gasteiger partial charge in [0.05, 0.1) is 33.3 Å². The molecule has 2 N–H and O–H groups in total. The van der Waals surface area contributed by atoms with Crippen molar-refractivity contribution in [3.63, 3.8) is 0 Å². The predicted molar refractivity (Wildman–Crippen MR) is 207 cm³/mol. The van der Waals surface area contributed by atoms with Crippen LogP contribution in [0.3, 0.4) is 0 Å². The van der Waals surface area contributed by atoms with Gasteiger partial charge in [-0.1, -0.05) is 87.5 Å². The number of carbonyl (C=O) groups excluding carboxylic acids is 1. The van der Waals surface area contributed by atoms with E-state index in [2.05, 4.69) is 41.0 Å². The summed E-state index contributed by atoms with van der Waals surface area (Å²) in [7, 11) is 3.26. The van der Waals surface area contributed by atoms with Crippen molar-refractivity contribution in [1.29, 1.82) is 0 Å². The monoisotopic (exact) mass is 743 g/mol. The van der Waals surface area contributed by atoms with Crippen LogP contribution in [0.2, 0.25) is 0 Å². The first-order valence-electron chi connectivity index (χ1n) is 18.1. The van der Waals surface area contributed by atoms with Gasteiger partial charge in [0.2, 0.25) is 0 Å². The molecule has 1 amide bonds. The van der Waals surface area contributed by atoms with Crippen molar-refractivity contribution in [2.75, 3.05) is 32.8 Å². The van der Waals surface area contributed by atoms with E-state index >= 15 is 0 Å². The van der Waals surface area contributed by atoms with Crippen LogP contribution in [0.1, 0.15) is 55.7 Å². The lowest BCUT2D eigenvalue weighted by Gasteiger charge is -2.37. The highest BCUT2D eigenvalue weighted by atomic mass is 16.6. The smallest absolute Gasteiger partial charge is 0.263 e. The molecule has 4 aromatic carbocycles. The topological polar surface area (TPSA) is 139 Å². The molecule has 0 spiro atoms. The standard InChI is InChI=1S/C43H45N5O7/c1-42(2,3)28-11-21-34(22-12-28)53-25-37(50)47-40-39-41(45-26-44-40)48(27-46-39)38-23-35(49)36(55-38)24-54-43(29-9-7-6-8-10-29,30-13-17-32(51-4)18-14-30)31-15-19-33(52-5)20-16-31/h6-22,26-27,35-36,38,49H,23-25H2,1-5H3,(H,44,45,47,50)/t35-,36+,38+/m0/s1. The molecule has 3 atom stereocenters. The number of anilines is 1. The molecule has 12 heteroatoms. The van der Waals surface area contributed by atoms with E-state index in [1.807, 2.05) is 103 Å². The van der Waals surface area contributed by atoms with Gasteiger partial charge in [-0.15, -0.1) is 0 Å². The molecule has 12 nitrogen and oxygen atoms in total. The molecule has 1 saturated heterocycles. The van der Waals surface area contributed by atoms with Gasteiger partial charge in [-0.25, -0.2) is 15.0 Å². The maximum Gasteiger partial charge on any atom is 0.263 e. The number of aliphatic hydroxyl groups is 1. The van der Waals surface area contributed by atoms with E-state index in [1.165, 1.54) is 11.9 Å². The number of hydrogen-bond donors (Lipinski definition) is 2. The second-order valence-electron chi connectivity index (χ2n) is 14.4. The first kappa shape index (κ1) is 37.5. The highest BCUT2D eigenvalue weighted by molar-refractivity contribution is 5.97. The van der Waals surface area contributed by atoms with Crippen LogP contribution in [0.5, 0.6) is 17.2 Å². The van der Waals surface area contributed by atoms with Gasteiger partial charge >= 0.3 is 0 Å². The van der Waals surface area contributed by atoms with Crippen molar-refractivity contribution >= 4 is 22.9 Å². The lowest BCUT2D eigenvalue weighted by molar-refractivity contribution is -0.118. The first-order valence-corrected chi connectivity index (χ1v) is 18.1. The largest absolute Gasteiger partial charge is 0.497 e. The SMILES string of the molecule is COc1ccc(C(OC[C@H]2O[C@@H](n3cnc4c(NC(=O)COc5ccc(C(C)(C)C)cc5)ncnc43)C[C@@H]2O)(c2ccccc2)c2ccc(OC)cc2)cc1. The molecule has 0 bridgehead atoms. The van der Waals surface area contributed by atoms with Crippen molar-refractivity contribution in [3.05, 3.63) is 138 Å². The average molecular weight is 744 g/mol. The number of methoxy groups -OCH3 is 2. The van der Waals surface area contributed by atoms with Crippen LogP contribution in [0.4, 0.5) is 5.82 Å². The summed E-state index contributed by atoms with van der Waals surface area (Å²) in [5.74, 6) is 1.87. The number of aromatic nitrogens is 4. The van der Waals surface area contributed by atoms with Gasteiger partial charge in [-0.2, -0.15) is 0 Å². The number of rotatable bonds is 13. The molecule has 6 aromatic rings. The maximum atomic E-state index is 12.9. The molecule has 0 unspecified atom stereocenters. The first-order chi connectivity index (χ1) is 26.6. The van der Waals surface area contributed by atoms with Gasteiger partial charge in [-0.05, 0) is 64.1 Å². The minimum atomic E-state index is -1.08. The molecule has 0 radical (unpaired) electrons. The second kappa shape index (κ2) is 15.9.